The van der Waals surface area contributed by atoms with E-state index in [1.165, 1.54) is 19.3 Å². The lowest BCUT2D eigenvalue weighted by atomic mass is 9.39. The van der Waals surface area contributed by atoms with E-state index in [-0.39, 0.29) is 34.9 Å². The summed E-state index contributed by atoms with van der Waals surface area (Å²) >= 11 is 0. The Balaban J connectivity index is 1.62. The van der Waals surface area contributed by atoms with Crippen molar-refractivity contribution in [1.82, 2.24) is 0 Å². The molecule has 4 nitrogen and oxygen atoms in total. The molecule has 4 aliphatic carbocycles. The molecule has 3 N–H and O–H groups in total. The van der Waals surface area contributed by atoms with Crippen molar-refractivity contribution < 1.29 is 20.1 Å². The van der Waals surface area contributed by atoms with Gasteiger partial charge in [-0.3, -0.25) is 4.79 Å². The molecule has 0 aliphatic heterocycles. The van der Waals surface area contributed by atoms with Crippen molar-refractivity contribution in [3.63, 3.8) is 0 Å². The van der Waals surface area contributed by atoms with Crippen LogP contribution in [0.15, 0.2) is 0 Å². The average Bonchev–Trinajstić information content (AvgIpc) is 2.92. The van der Waals surface area contributed by atoms with E-state index >= 15 is 0 Å². The van der Waals surface area contributed by atoms with Crippen LogP contribution >= 0.6 is 0 Å². The van der Waals surface area contributed by atoms with Gasteiger partial charge < -0.3 is 15.3 Å². The first-order valence-corrected chi connectivity index (χ1v) is 12.1. The third kappa shape index (κ3) is 3.11. The molecule has 10 atom stereocenters. The van der Waals surface area contributed by atoms with Gasteiger partial charge in [0.05, 0.1) is 12.2 Å². The van der Waals surface area contributed by atoms with Crippen LogP contribution in [0.3, 0.4) is 0 Å². The number of aliphatic hydroxyl groups excluding tert-OH is 2. The van der Waals surface area contributed by atoms with Crippen molar-refractivity contribution in [1.29, 1.82) is 0 Å². The Hall–Kier alpha value is -0.610. The van der Waals surface area contributed by atoms with Crippen molar-refractivity contribution in [2.45, 2.75) is 104 Å². The number of aliphatic hydroxyl groups is 2. The number of hydrogen-bond acceptors (Lipinski definition) is 3. The molecule has 0 aromatic carbocycles. The van der Waals surface area contributed by atoms with Gasteiger partial charge in [-0.15, -0.1) is 0 Å². The van der Waals surface area contributed by atoms with Crippen molar-refractivity contribution in [3.05, 3.63) is 0 Å². The normalized spacial score (nSPS) is 52.9. The molecule has 0 aromatic rings. The minimum absolute atomic E-state index is 0.127. The zero-order chi connectivity index (χ0) is 21.2. The minimum Gasteiger partial charge on any atom is -0.481 e. The SMILES string of the molecule is CC(CCC(=O)O)[C@H]1CCC2(C)[C@H]3C(CC[C@]12C)[C@@]1(C)CCC(O)C[C@H]1C[C@@H]3O. The Labute approximate surface area is 176 Å². The lowest BCUT2D eigenvalue weighted by molar-refractivity contribution is -0.206. The molecule has 4 rings (SSSR count). The summed E-state index contributed by atoms with van der Waals surface area (Å²) in [6.07, 6.45) is 9.00. The first-order chi connectivity index (χ1) is 13.5. The molecule has 29 heavy (non-hydrogen) atoms. The highest BCUT2D eigenvalue weighted by Gasteiger charge is 2.67. The van der Waals surface area contributed by atoms with Gasteiger partial charge in [-0.25, -0.2) is 0 Å². The molecule has 0 aromatic heterocycles. The van der Waals surface area contributed by atoms with E-state index in [0.717, 1.165) is 38.5 Å². The van der Waals surface area contributed by atoms with Crippen molar-refractivity contribution in [3.8, 4) is 0 Å². The second-order valence-corrected chi connectivity index (χ2v) is 12.0. The van der Waals surface area contributed by atoms with E-state index in [1.54, 1.807) is 0 Å². The summed E-state index contributed by atoms with van der Waals surface area (Å²) in [4.78, 5) is 11.1. The van der Waals surface area contributed by atoms with Gasteiger partial charge in [-0.2, -0.15) is 0 Å². The number of carboxylic acid groups (broad SMARTS) is 1. The Morgan fingerprint density at radius 3 is 2.38 bits per heavy atom. The van der Waals surface area contributed by atoms with Gasteiger partial charge >= 0.3 is 5.97 Å². The Bertz CT molecular complexity index is 649. The summed E-state index contributed by atoms with van der Waals surface area (Å²) in [5, 5.41) is 30.8. The highest BCUT2D eigenvalue weighted by molar-refractivity contribution is 5.66. The van der Waals surface area contributed by atoms with Gasteiger partial charge in [0.1, 0.15) is 0 Å². The predicted molar refractivity (Wildman–Crippen MR) is 113 cm³/mol. The van der Waals surface area contributed by atoms with Crippen LogP contribution in [0.25, 0.3) is 0 Å². The highest BCUT2D eigenvalue weighted by Crippen LogP contribution is 2.73. The second kappa shape index (κ2) is 7.22. The molecule has 4 unspecified atom stereocenters. The smallest absolute Gasteiger partial charge is 0.303 e. The van der Waals surface area contributed by atoms with Crippen molar-refractivity contribution >= 4 is 5.97 Å². The number of hydrogen-bond donors (Lipinski definition) is 3. The maximum atomic E-state index is 11.4. The molecule has 4 fully saturated rings. The number of fused-ring (bicyclic) bond motifs is 5. The third-order valence-corrected chi connectivity index (χ3v) is 11.0. The molecule has 0 heterocycles. The minimum atomic E-state index is -0.687. The molecule has 0 radical (unpaired) electrons. The lowest BCUT2D eigenvalue weighted by Gasteiger charge is -2.66. The fraction of sp³-hybridized carbons (Fsp3) is 0.960. The summed E-state index contributed by atoms with van der Waals surface area (Å²) in [7, 11) is 0. The zero-order valence-corrected chi connectivity index (χ0v) is 18.9. The van der Waals surface area contributed by atoms with E-state index in [1.807, 2.05) is 0 Å². The average molecular weight is 407 g/mol. The number of aliphatic carboxylic acids is 1. The molecular formula is C25H42O4. The summed E-state index contributed by atoms with van der Waals surface area (Å²) < 4.78 is 0. The summed E-state index contributed by atoms with van der Waals surface area (Å²) in [6.45, 7) is 9.64. The molecule has 0 saturated heterocycles. The monoisotopic (exact) mass is 406 g/mol. The van der Waals surface area contributed by atoms with Crippen LogP contribution in [-0.2, 0) is 4.79 Å². The number of carbonyl (C=O) groups is 1. The van der Waals surface area contributed by atoms with E-state index in [0.29, 0.717) is 29.6 Å². The van der Waals surface area contributed by atoms with Gasteiger partial charge in [0.2, 0.25) is 0 Å². The van der Waals surface area contributed by atoms with Gasteiger partial charge in [0, 0.05) is 6.42 Å². The molecule has 4 saturated carbocycles. The van der Waals surface area contributed by atoms with E-state index in [9.17, 15) is 15.0 Å². The van der Waals surface area contributed by atoms with Crippen LogP contribution in [0.1, 0.15) is 91.9 Å². The standard InChI is InChI=1S/C25H42O4/c1-15(5-6-21(28)29)18-8-12-25(4)22-19(9-11-24(18,25)3)23(2)10-7-17(26)13-16(23)14-20(22)27/h15-20,22,26-27H,5-14H2,1-4H3,(H,28,29)/t15?,16-,17?,18+,19?,20-,22-,23-,24+,25?/m0/s1. The topological polar surface area (TPSA) is 77.8 Å². The number of rotatable bonds is 4. The van der Waals surface area contributed by atoms with Gasteiger partial charge in [-0.1, -0.05) is 27.7 Å². The van der Waals surface area contributed by atoms with E-state index < -0.39 is 5.97 Å². The van der Waals surface area contributed by atoms with Crippen LogP contribution < -0.4 is 0 Å². The Morgan fingerprint density at radius 1 is 1.00 bits per heavy atom. The molecule has 0 bridgehead atoms. The molecule has 4 aliphatic rings. The van der Waals surface area contributed by atoms with Crippen molar-refractivity contribution in [2.75, 3.05) is 0 Å². The van der Waals surface area contributed by atoms with Crippen LogP contribution in [0.2, 0.25) is 0 Å². The van der Waals surface area contributed by atoms with Gasteiger partial charge in [0.15, 0.2) is 0 Å². The second-order valence-electron chi connectivity index (χ2n) is 12.0. The summed E-state index contributed by atoms with van der Waals surface area (Å²) in [5.41, 5.74) is 0.562. The fourth-order valence-electron chi connectivity index (χ4n) is 9.17. The van der Waals surface area contributed by atoms with Crippen LogP contribution in [0.4, 0.5) is 0 Å². The van der Waals surface area contributed by atoms with E-state index in [4.69, 9.17) is 5.11 Å². The maximum absolute atomic E-state index is 11.4. The summed E-state index contributed by atoms with van der Waals surface area (Å²) in [6, 6.07) is 0. The zero-order valence-electron chi connectivity index (χ0n) is 18.9. The quantitative estimate of drug-likeness (QED) is 0.622. The highest BCUT2D eigenvalue weighted by atomic mass is 16.4. The molecule has 0 amide bonds. The third-order valence-electron chi connectivity index (χ3n) is 11.0. The maximum Gasteiger partial charge on any atom is 0.303 e. The van der Waals surface area contributed by atoms with E-state index in [2.05, 4.69) is 27.7 Å². The Kier molecular flexibility index (Phi) is 5.38. The van der Waals surface area contributed by atoms with Crippen LogP contribution in [0, 0.1) is 45.8 Å². The fourth-order valence-corrected chi connectivity index (χ4v) is 9.17. The van der Waals surface area contributed by atoms with Crippen molar-refractivity contribution in [2.24, 2.45) is 45.8 Å². The Morgan fingerprint density at radius 2 is 1.69 bits per heavy atom. The first-order valence-electron chi connectivity index (χ1n) is 12.1. The first kappa shape index (κ1) is 21.6. The molecule has 4 heteroatoms. The molecule has 0 spiro atoms. The van der Waals surface area contributed by atoms with Gasteiger partial charge in [-0.05, 0) is 104 Å². The predicted octanol–water partition coefficient (Wildman–Crippen LogP) is 4.87. The number of carboxylic acids is 1. The molecule has 166 valence electrons. The lowest BCUT2D eigenvalue weighted by Crippen LogP contribution is -2.62. The largest absolute Gasteiger partial charge is 0.481 e. The summed E-state index contributed by atoms with van der Waals surface area (Å²) in [5.74, 6) is 1.63. The molecular weight excluding hydrogens is 364 g/mol. The van der Waals surface area contributed by atoms with Crippen LogP contribution in [0.5, 0.6) is 0 Å². The van der Waals surface area contributed by atoms with Crippen LogP contribution in [-0.4, -0.2) is 33.5 Å². The van der Waals surface area contributed by atoms with Gasteiger partial charge in [0.25, 0.3) is 0 Å².